The van der Waals surface area contributed by atoms with E-state index in [4.69, 9.17) is 4.99 Å². The van der Waals surface area contributed by atoms with Crippen molar-refractivity contribution < 1.29 is 5.11 Å². The predicted molar refractivity (Wildman–Crippen MR) is 99.9 cm³/mol. The summed E-state index contributed by atoms with van der Waals surface area (Å²) in [6.45, 7) is 7.12. The number of aliphatic imine (C=N–C) groups is 1. The van der Waals surface area contributed by atoms with Crippen LogP contribution in [0.5, 0.6) is 0 Å². The van der Waals surface area contributed by atoms with Gasteiger partial charge >= 0.3 is 0 Å². The summed E-state index contributed by atoms with van der Waals surface area (Å²) in [7, 11) is 2.02. The van der Waals surface area contributed by atoms with Gasteiger partial charge in [-0.05, 0) is 32.9 Å². The molecule has 2 unspecified atom stereocenters. The Morgan fingerprint density at radius 2 is 2.21 bits per heavy atom. The van der Waals surface area contributed by atoms with E-state index in [0.717, 1.165) is 11.5 Å². The number of hydrogen-bond acceptors (Lipinski definition) is 6. The number of likely N-dealkylation sites (N-methyl/N-ethyl adjacent to an activating group) is 1. The average molecular weight is 347 g/mol. The minimum absolute atomic E-state index is 0.0511. The number of aromatic amines is 1. The molecule has 1 aromatic rings. The van der Waals surface area contributed by atoms with Crippen LogP contribution >= 0.6 is 11.8 Å². The first-order valence-corrected chi connectivity index (χ1v) is 9.03. The molecule has 1 aromatic heterocycles. The Bertz CT molecular complexity index is 672. The van der Waals surface area contributed by atoms with Crippen LogP contribution < -0.4 is 5.32 Å². The Morgan fingerprint density at radius 1 is 1.42 bits per heavy atom. The van der Waals surface area contributed by atoms with Gasteiger partial charge in [-0.3, -0.25) is 10.1 Å². The highest BCUT2D eigenvalue weighted by molar-refractivity contribution is 8.09. The molecule has 3 N–H and O–H groups in total. The lowest BCUT2D eigenvalue weighted by Gasteiger charge is -2.33. The molecule has 0 aromatic carbocycles. The smallest absolute Gasteiger partial charge is 0.123 e. The lowest BCUT2D eigenvalue weighted by molar-refractivity contribution is 0.243. The zero-order chi connectivity index (χ0) is 17.3. The molecular weight excluding hydrogens is 322 g/mol. The maximum Gasteiger partial charge on any atom is 0.123 e. The summed E-state index contributed by atoms with van der Waals surface area (Å²) in [5.74, 6) is 0.895. The largest absolute Gasteiger partial charge is 0.395 e. The molecule has 0 amide bonds. The fourth-order valence-corrected chi connectivity index (χ4v) is 4.23. The van der Waals surface area contributed by atoms with E-state index in [9.17, 15) is 5.11 Å². The molecule has 3 heterocycles. The fraction of sp³-hybridized carbons (Fsp3) is 0.529. The van der Waals surface area contributed by atoms with Crippen molar-refractivity contribution >= 4 is 22.5 Å². The number of amidine groups is 1. The van der Waals surface area contributed by atoms with Crippen molar-refractivity contribution in [2.45, 2.75) is 37.6 Å². The minimum atomic E-state index is -0.0511. The molecule has 7 heteroatoms. The van der Waals surface area contributed by atoms with Crippen molar-refractivity contribution in [1.29, 1.82) is 0 Å². The maximum absolute atomic E-state index is 9.31. The highest BCUT2D eigenvalue weighted by Gasteiger charge is 2.36. The van der Waals surface area contributed by atoms with Crippen LogP contribution in [0.2, 0.25) is 0 Å². The molecule has 0 spiro atoms. The Hall–Kier alpha value is -1.73. The number of aliphatic hydroxyl groups excluding tert-OH is 1. The van der Waals surface area contributed by atoms with Crippen LogP contribution in [0.25, 0.3) is 4.91 Å². The molecule has 2 aliphatic heterocycles. The van der Waals surface area contributed by atoms with Gasteiger partial charge in [-0.1, -0.05) is 0 Å². The van der Waals surface area contributed by atoms with E-state index < -0.39 is 0 Å². The van der Waals surface area contributed by atoms with E-state index in [1.807, 2.05) is 13.1 Å². The van der Waals surface area contributed by atoms with Gasteiger partial charge < -0.3 is 15.3 Å². The molecule has 2 atom stereocenters. The van der Waals surface area contributed by atoms with Crippen LogP contribution in [0.3, 0.4) is 0 Å². The van der Waals surface area contributed by atoms with E-state index in [-0.39, 0.29) is 23.4 Å². The highest BCUT2D eigenvalue weighted by atomic mass is 32.2. The van der Waals surface area contributed by atoms with Crippen LogP contribution in [0.15, 0.2) is 35.1 Å². The van der Waals surface area contributed by atoms with Crippen molar-refractivity contribution in [3.63, 3.8) is 0 Å². The maximum atomic E-state index is 9.31. The van der Waals surface area contributed by atoms with Crippen molar-refractivity contribution in [3.8, 4) is 0 Å². The Labute approximate surface area is 147 Å². The van der Waals surface area contributed by atoms with Gasteiger partial charge in [0.25, 0.3) is 0 Å². The molecule has 0 radical (unpaired) electrons. The van der Waals surface area contributed by atoms with Crippen molar-refractivity contribution in [1.82, 2.24) is 20.4 Å². The number of H-pyrrole nitrogens is 1. The third kappa shape index (κ3) is 3.67. The third-order valence-electron chi connectivity index (χ3n) is 3.90. The monoisotopic (exact) mass is 347 g/mol. The standard InChI is InChI=1S/C17H25N5OS/c1-17(2,3)20-15-10-13(22(4)7-8-23)16-12(19-15)9-14(24-16)11-5-6-18-21-11/h5-6,9-10,12,16,23H,7-8H2,1-4H3,(H,18,21)(H,19,20). The summed E-state index contributed by atoms with van der Waals surface area (Å²) in [5.41, 5.74) is 2.16. The van der Waals surface area contributed by atoms with Crippen LogP contribution in [0, 0.1) is 0 Å². The van der Waals surface area contributed by atoms with Gasteiger partial charge in [0.1, 0.15) is 5.84 Å². The molecule has 0 bridgehead atoms. The molecule has 2 aliphatic rings. The van der Waals surface area contributed by atoms with Crippen LogP contribution in [-0.4, -0.2) is 63.1 Å². The van der Waals surface area contributed by atoms with E-state index in [1.54, 1.807) is 18.0 Å². The van der Waals surface area contributed by atoms with Crippen molar-refractivity contribution in [3.05, 3.63) is 35.8 Å². The Kier molecular flexibility index (Phi) is 4.73. The highest BCUT2D eigenvalue weighted by Crippen LogP contribution is 2.44. The molecular formula is C17H25N5OS. The molecule has 130 valence electrons. The van der Waals surface area contributed by atoms with Gasteiger partial charge in [0.05, 0.1) is 23.6 Å². The molecule has 0 saturated heterocycles. The number of fused-ring (bicyclic) bond motifs is 1. The second-order valence-corrected chi connectivity index (χ2v) is 8.32. The topological polar surface area (TPSA) is 76.5 Å². The number of aliphatic hydroxyl groups is 1. The lowest BCUT2D eigenvalue weighted by atomic mass is 10.0. The summed E-state index contributed by atoms with van der Waals surface area (Å²) in [6.07, 6.45) is 6.08. The summed E-state index contributed by atoms with van der Waals surface area (Å²) >= 11 is 1.80. The lowest BCUT2D eigenvalue weighted by Crippen LogP contribution is -2.44. The van der Waals surface area contributed by atoms with Crippen LogP contribution in [-0.2, 0) is 0 Å². The number of aromatic nitrogens is 2. The molecule has 0 fully saturated rings. The number of nitrogens with zero attached hydrogens (tertiary/aromatic N) is 3. The average Bonchev–Trinajstić information content (AvgIpc) is 3.13. The van der Waals surface area contributed by atoms with E-state index >= 15 is 0 Å². The minimum Gasteiger partial charge on any atom is -0.395 e. The zero-order valence-corrected chi connectivity index (χ0v) is 15.4. The summed E-state index contributed by atoms with van der Waals surface area (Å²) in [6, 6.07) is 2.06. The quantitative estimate of drug-likeness (QED) is 0.775. The first-order valence-electron chi connectivity index (χ1n) is 8.15. The van der Waals surface area contributed by atoms with Gasteiger partial charge in [-0.15, -0.1) is 11.8 Å². The van der Waals surface area contributed by atoms with Crippen LogP contribution in [0.4, 0.5) is 0 Å². The fourth-order valence-electron chi connectivity index (χ4n) is 2.85. The third-order valence-corrected chi connectivity index (χ3v) is 5.28. The first-order chi connectivity index (χ1) is 11.4. The summed E-state index contributed by atoms with van der Waals surface area (Å²) < 4.78 is 0. The molecule has 0 aliphatic carbocycles. The van der Waals surface area contributed by atoms with E-state index in [1.165, 1.54) is 10.6 Å². The number of thioether (sulfide) groups is 1. The molecule has 24 heavy (non-hydrogen) atoms. The van der Waals surface area contributed by atoms with E-state index in [0.29, 0.717) is 6.54 Å². The number of hydrogen-bond donors (Lipinski definition) is 3. The van der Waals surface area contributed by atoms with Crippen LogP contribution in [0.1, 0.15) is 26.5 Å². The predicted octanol–water partition coefficient (Wildman–Crippen LogP) is 1.84. The van der Waals surface area contributed by atoms with Gasteiger partial charge in [-0.25, -0.2) is 0 Å². The summed E-state index contributed by atoms with van der Waals surface area (Å²) in [5, 5.41) is 20.1. The number of rotatable bonds is 4. The van der Waals surface area contributed by atoms with Gasteiger partial charge in [0.15, 0.2) is 0 Å². The van der Waals surface area contributed by atoms with E-state index in [2.05, 4.69) is 53.3 Å². The molecule has 6 nitrogen and oxygen atoms in total. The van der Waals surface area contributed by atoms with Gasteiger partial charge in [0, 0.05) is 42.0 Å². The Morgan fingerprint density at radius 3 is 2.83 bits per heavy atom. The zero-order valence-electron chi connectivity index (χ0n) is 14.6. The second-order valence-electron chi connectivity index (χ2n) is 7.13. The normalized spacial score (nSPS) is 23.3. The molecule has 3 rings (SSSR count). The van der Waals surface area contributed by atoms with Gasteiger partial charge in [-0.2, -0.15) is 5.10 Å². The molecule has 0 saturated carbocycles. The van der Waals surface area contributed by atoms with Crippen molar-refractivity contribution in [2.75, 3.05) is 20.2 Å². The Balaban J connectivity index is 1.90. The van der Waals surface area contributed by atoms with Crippen molar-refractivity contribution in [2.24, 2.45) is 4.99 Å². The number of dihydropyridines is 1. The second kappa shape index (κ2) is 6.64. The number of nitrogens with one attached hydrogen (secondary N) is 2. The van der Waals surface area contributed by atoms with Gasteiger partial charge in [0.2, 0.25) is 0 Å². The first kappa shape index (κ1) is 17.1. The summed E-state index contributed by atoms with van der Waals surface area (Å²) in [4.78, 5) is 8.18. The SMILES string of the molecule is CN(CCO)C1=CC(NC(C)(C)C)=NC2C=C(c3ccn[nH]3)SC12.